The maximum atomic E-state index is 5.42. The molecule has 0 bridgehead atoms. The Morgan fingerprint density at radius 2 is 1.71 bits per heavy atom. The van der Waals surface area contributed by atoms with Crippen LogP contribution in [0.5, 0.6) is 11.5 Å². The van der Waals surface area contributed by atoms with Gasteiger partial charge in [-0.25, -0.2) is 0 Å². The highest BCUT2D eigenvalue weighted by molar-refractivity contribution is 5.99. The molecule has 5 heteroatoms. The minimum atomic E-state index is 0.669. The second-order valence-corrected chi connectivity index (χ2v) is 5.45. The Bertz CT molecular complexity index is 1020. The van der Waals surface area contributed by atoms with E-state index in [1.54, 1.807) is 20.4 Å². The van der Waals surface area contributed by atoms with Crippen LogP contribution in [0.1, 0.15) is 0 Å². The molecule has 0 saturated heterocycles. The van der Waals surface area contributed by atoms with Crippen LogP contribution in [0, 0.1) is 0 Å². The lowest BCUT2D eigenvalue weighted by Gasteiger charge is -2.13. The number of aromatic amines is 1. The van der Waals surface area contributed by atoms with Gasteiger partial charge in [0.25, 0.3) is 0 Å². The molecule has 2 aromatic heterocycles. The minimum absolute atomic E-state index is 0.669. The van der Waals surface area contributed by atoms with Crippen molar-refractivity contribution in [2.45, 2.75) is 0 Å². The number of aromatic nitrogens is 2. The lowest BCUT2D eigenvalue weighted by Crippen LogP contribution is -1.95. The van der Waals surface area contributed by atoms with E-state index in [-0.39, 0.29) is 0 Å². The van der Waals surface area contributed by atoms with E-state index >= 15 is 0 Å². The number of anilines is 2. The summed E-state index contributed by atoms with van der Waals surface area (Å²) in [4.78, 5) is 7.67. The number of hydrogen-bond donors (Lipinski definition) is 2. The molecule has 0 unspecified atom stereocenters. The van der Waals surface area contributed by atoms with E-state index in [0.717, 1.165) is 33.2 Å². The second-order valence-electron chi connectivity index (χ2n) is 5.45. The van der Waals surface area contributed by atoms with E-state index in [1.165, 1.54) is 0 Å². The Kier molecular flexibility index (Phi) is 3.46. The molecular weight excluding hydrogens is 302 g/mol. The molecule has 120 valence electrons. The van der Waals surface area contributed by atoms with Gasteiger partial charge in [0.2, 0.25) is 0 Å². The van der Waals surface area contributed by atoms with Crippen molar-refractivity contribution in [2.75, 3.05) is 19.5 Å². The summed E-state index contributed by atoms with van der Waals surface area (Å²) in [6.45, 7) is 0. The highest BCUT2D eigenvalue weighted by atomic mass is 16.5. The summed E-state index contributed by atoms with van der Waals surface area (Å²) in [7, 11) is 3.26. The van der Waals surface area contributed by atoms with E-state index in [9.17, 15) is 0 Å². The molecule has 0 fully saturated rings. The van der Waals surface area contributed by atoms with Crippen molar-refractivity contribution < 1.29 is 9.47 Å². The van der Waals surface area contributed by atoms with Crippen molar-refractivity contribution in [3.05, 3.63) is 54.9 Å². The molecule has 2 aromatic carbocycles. The van der Waals surface area contributed by atoms with Gasteiger partial charge in [-0.15, -0.1) is 0 Å². The second kappa shape index (κ2) is 5.77. The van der Waals surface area contributed by atoms with Crippen molar-refractivity contribution in [1.82, 2.24) is 9.97 Å². The summed E-state index contributed by atoms with van der Waals surface area (Å²) in [6.07, 6.45) is 3.72. The van der Waals surface area contributed by atoms with Crippen LogP contribution in [0.15, 0.2) is 54.9 Å². The standard InChI is InChI=1S/C19H17N3O2/c1-23-18-10-13-16(7-9-21-17(13)11-19(18)24-2)22-15-5-3-4-14-12(15)6-8-20-14/h3-11,20H,1-2H3,(H,21,22). The number of nitrogens with one attached hydrogen (secondary N) is 2. The van der Waals surface area contributed by atoms with E-state index in [1.807, 2.05) is 30.5 Å². The number of methoxy groups -OCH3 is 2. The lowest BCUT2D eigenvalue weighted by atomic mass is 10.1. The Morgan fingerprint density at radius 1 is 0.917 bits per heavy atom. The van der Waals surface area contributed by atoms with Crippen molar-refractivity contribution in [2.24, 2.45) is 0 Å². The largest absolute Gasteiger partial charge is 0.493 e. The number of nitrogens with zero attached hydrogens (tertiary/aromatic N) is 1. The molecule has 0 radical (unpaired) electrons. The van der Waals surface area contributed by atoms with Gasteiger partial charge in [0.05, 0.1) is 19.7 Å². The van der Waals surface area contributed by atoms with Gasteiger partial charge in [0, 0.05) is 46.1 Å². The Morgan fingerprint density at radius 3 is 2.54 bits per heavy atom. The summed E-state index contributed by atoms with van der Waals surface area (Å²) in [6, 6.07) is 14.0. The predicted molar refractivity (Wildman–Crippen MR) is 96.4 cm³/mol. The van der Waals surface area contributed by atoms with Gasteiger partial charge in [-0.1, -0.05) is 6.07 Å². The summed E-state index contributed by atoms with van der Waals surface area (Å²) < 4.78 is 10.8. The number of hydrogen-bond acceptors (Lipinski definition) is 4. The molecule has 0 aliphatic carbocycles. The van der Waals surface area contributed by atoms with Gasteiger partial charge >= 0.3 is 0 Å². The first kappa shape index (κ1) is 14.4. The van der Waals surface area contributed by atoms with Crippen molar-refractivity contribution in [3.8, 4) is 11.5 Å². The Hall–Kier alpha value is -3.21. The highest BCUT2D eigenvalue weighted by Crippen LogP contribution is 2.36. The maximum absolute atomic E-state index is 5.42. The van der Waals surface area contributed by atoms with E-state index in [4.69, 9.17) is 9.47 Å². The molecule has 0 aliphatic heterocycles. The maximum Gasteiger partial charge on any atom is 0.162 e. The van der Waals surface area contributed by atoms with Gasteiger partial charge < -0.3 is 19.8 Å². The first-order valence-electron chi connectivity index (χ1n) is 7.64. The molecule has 2 heterocycles. The molecule has 0 amide bonds. The highest BCUT2D eigenvalue weighted by Gasteiger charge is 2.11. The minimum Gasteiger partial charge on any atom is -0.493 e. The van der Waals surface area contributed by atoms with Crippen LogP contribution in [0.2, 0.25) is 0 Å². The molecular formula is C19H17N3O2. The molecule has 0 aliphatic rings. The average Bonchev–Trinajstić information content (AvgIpc) is 3.10. The predicted octanol–water partition coefficient (Wildman–Crippen LogP) is 4.48. The van der Waals surface area contributed by atoms with Crippen LogP contribution in [0.3, 0.4) is 0 Å². The summed E-state index contributed by atoms with van der Waals surface area (Å²) in [5, 5.41) is 5.62. The fourth-order valence-electron chi connectivity index (χ4n) is 2.92. The number of pyridine rings is 1. The molecule has 5 nitrogen and oxygen atoms in total. The van der Waals surface area contributed by atoms with Crippen LogP contribution in [-0.2, 0) is 0 Å². The van der Waals surface area contributed by atoms with Crippen LogP contribution in [-0.4, -0.2) is 24.2 Å². The van der Waals surface area contributed by atoms with E-state index in [2.05, 4.69) is 33.5 Å². The third kappa shape index (κ3) is 2.31. The van der Waals surface area contributed by atoms with Crippen LogP contribution in [0.25, 0.3) is 21.8 Å². The topological polar surface area (TPSA) is 59.2 Å². The zero-order valence-electron chi connectivity index (χ0n) is 13.5. The van der Waals surface area contributed by atoms with Gasteiger partial charge in [-0.05, 0) is 30.3 Å². The van der Waals surface area contributed by atoms with Crippen LogP contribution >= 0.6 is 0 Å². The van der Waals surface area contributed by atoms with Gasteiger partial charge in [0.15, 0.2) is 11.5 Å². The third-order valence-corrected chi connectivity index (χ3v) is 4.11. The molecule has 0 saturated carbocycles. The number of ether oxygens (including phenoxy) is 2. The quantitative estimate of drug-likeness (QED) is 0.582. The number of rotatable bonds is 4. The monoisotopic (exact) mass is 319 g/mol. The van der Waals surface area contributed by atoms with Crippen LogP contribution in [0.4, 0.5) is 11.4 Å². The molecule has 4 rings (SSSR count). The Labute approximate surface area is 139 Å². The first-order chi connectivity index (χ1) is 11.8. The number of H-pyrrole nitrogens is 1. The summed E-state index contributed by atoms with van der Waals surface area (Å²) in [5.74, 6) is 1.35. The van der Waals surface area contributed by atoms with Crippen molar-refractivity contribution >= 4 is 33.2 Å². The van der Waals surface area contributed by atoms with Gasteiger partial charge in [-0.3, -0.25) is 4.98 Å². The van der Waals surface area contributed by atoms with E-state index < -0.39 is 0 Å². The molecule has 0 atom stereocenters. The molecule has 0 spiro atoms. The van der Waals surface area contributed by atoms with Crippen molar-refractivity contribution in [1.29, 1.82) is 0 Å². The van der Waals surface area contributed by atoms with E-state index in [0.29, 0.717) is 11.5 Å². The fourth-order valence-corrected chi connectivity index (χ4v) is 2.92. The van der Waals surface area contributed by atoms with Crippen molar-refractivity contribution in [3.63, 3.8) is 0 Å². The SMILES string of the molecule is COc1cc2nccc(Nc3cccc4[nH]ccc34)c2cc1OC. The fraction of sp³-hybridized carbons (Fsp3) is 0.105. The van der Waals surface area contributed by atoms with Gasteiger partial charge in [-0.2, -0.15) is 0 Å². The Balaban J connectivity index is 1.86. The third-order valence-electron chi connectivity index (χ3n) is 4.11. The molecule has 2 N–H and O–H groups in total. The normalized spacial score (nSPS) is 10.9. The number of fused-ring (bicyclic) bond motifs is 2. The summed E-state index contributed by atoms with van der Waals surface area (Å²) >= 11 is 0. The van der Waals surface area contributed by atoms with Gasteiger partial charge in [0.1, 0.15) is 0 Å². The molecule has 4 aromatic rings. The smallest absolute Gasteiger partial charge is 0.162 e. The average molecular weight is 319 g/mol. The molecule has 24 heavy (non-hydrogen) atoms. The first-order valence-corrected chi connectivity index (χ1v) is 7.64. The lowest BCUT2D eigenvalue weighted by molar-refractivity contribution is 0.356. The zero-order chi connectivity index (χ0) is 16.5. The summed E-state index contributed by atoms with van der Waals surface area (Å²) in [5.41, 5.74) is 3.95. The number of benzene rings is 2. The zero-order valence-corrected chi connectivity index (χ0v) is 13.5. The van der Waals surface area contributed by atoms with Crippen LogP contribution < -0.4 is 14.8 Å².